The van der Waals surface area contributed by atoms with Crippen molar-refractivity contribution in [2.24, 2.45) is 5.73 Å². The molecule has 1 fully saturated rings. The average Bonchev–Trinajstić information content (AvgIpc) is 2.37. The van der Waals surface area contributed by atoms with E-state index in [1.54, 1.807) is 0 Å². The molecular formula is C12H15N3O4. The molecule has 1 saturated heterocycles. The minimum absolute atomic E-state index is 0.00694. The molecule has 7 heteroatoms. The van der Waals surface area contributed by atoms with E-state index in [2.05, 4.69) is 0 Å². The lowest BCUT2D eigenvalue weighted by molar-refractivity contribution is -0.384. The molecule has 1 aliphatic heterocycles. The minimum atomic E-state index is -1.18. The Morgan fingerprint density at radius 1 is 1.53 bits per heavy atom. The highest BCUT2D eigenvalue weighted by molar-refractivity contribution is 5.89. The number of aromatic carboxylic acids is 1. The smallest absolute Gasteiger partial charge is 0.335 e. The summed E-state index contributed by atoms with van der Waals surface area (Å²) in [5, 5.41) is 20.0. The number of carboxylic acid groups (broad SMARTS) is 1. The van der Waals surface area contributed by atoms with Gasteiger partial charge in [0.05, 0.1) is 10.5 Å². The van der Waals surface area contributed by atoms with Gasteiger partial charge in [0.15, 0.2) is 0 Å². The first kappa shape index (κ1) is 13.3. The summed E-state index contributed by atoms with van der Waals surface area (Å²) in [6.07, 6.45) is 1.77. The molecule has 0 spiro atoms. The van der Waals surface area contributed by atoms with Crippen molar-refractivity contribution in [3.8, 4) is 0 Å². The van der Waals surface area contributed by atoms with Crippen LogP contribution in [-0.2, 0) is 0 Å². The number of nitrogens with two attached hydrogens (primary N) is 1. The van der Waals surface area contributed by atoms with Gasteiger partial charge < -0.3 is 15.7 Å². The molecule has 3 N–H and O–H groups in total. The van der Waals surface area contributed by atoms with Crippen molar-refractivity contribution in [1.82, 2.24) is 0 Å². The van der Waals surface area contributed by atoms with E-state index < -0.39 is 10.9 Å². The first-order chi connectivity index (χ1) is 8.99. The number of nitro benzene ring substituents is 1. The Bertz CT molecular complexity index is 518. The van der Waals surface area contributed by atoms with Crippen molar-refractivity contribution in [2.45, 2.75) is 18.9 Å². The standard InChI is InChI=1S/C12H15N3O4/c13-9-2-1-5-14(7-9)10-4-3-8(12(16)17)6-11(10)15(18)19/h3-4,6,9H,1-2,5,7,13H2,(H,16,17). The molecule has 0 saturated carbocycles. The van der Waals surface area contributed by atoms with Crippen LogP contribution in [0.3, 0.4) is 0 Å². The molecule has 102 valence electrons. The largest absolute Gasteiger partial charge is 0.478 e. The number of anilines is 1. The highest BCUT2D eigenvalue weighted by atomic mass is 16.6. The van der Waals surface area contributed by atoms with Crippen LogP contribution in [0.1, 0.15) is 23.2 Å². The van der Waals surface area contributed by atoms with Gasteiger partial charge in [0.25, 0.3) is 5.69 Å². The van der Waals surface area contributed by atoms with Crippen LogP contribution in [0.25, 0.3) is 0 Å². The molecule has 1 atom stereocenters. The molecule has 2 rings (SSSR count). The van der Waals surface area contributed by atoms with E-state index >= 15 is 0 Å². The van der Waals surface area contributed by atoms with Gasteiger partial charge in [-0.05, 0) is 25.0 Å². The van der Waals surface area contributed by atoms with Gasteiger partial charge in [-0.15, -0.1) is 0 Å². The van der Waals surface area contributed by atoms with E-state index in [1.165, 1.54) is 12.1 Å². The Morgan fingerprint density at radius 3 is 2.84 bits per heavy atom. The lowest BCUT2D eigenvalue weighted by Gasteiger charge is -2.32. The zero-order valence-electron chi connectivity index (χ0n) is 10.3. The van der Waals surface area contributed by atoms with E-state index in [0.717, 1.165) is 18.9 Å². The summed E-state index contributed by atoms with van der Waals surface area (Å²) in [6.45, 7) is 1.24. The molecule has 1 aromatic carbocycles. The fourth-order valence-electron chi connectivity index (χ4n) is 2.30. The number of rotatable bonds is 3. The van der Waals surface area contributed by atoms with Crippen LogP contribution in [0, 0.1) is 10.1 Å². The SMILES string of the molecule is NC1CCCN(c2ccc(C(=O)O)cc2[N+](=O)[O-])C1. The Morgan fingerprint density at radius 2 is 2.26 bits per heavy atom. The maximum absolute atomic E-state index is 11.1. The second-order valence-electron chi connectivity index (χ2n) is 4.61. The highest BCUT2D eigenvalue weighted by Gasteiger charge is 2.25. The lowest BCUT2D eigenvalue weighted by atomic mass is 10.0. The molecule has 0 bridgehead atoms. The van der Waals surface area contributed by atoms with Gasteiger partial charge in [0.2, 0.25) is 0 Å². The van der Waals surface area contributed by atoms with Gasteiger partial charge >= 0.3 is 5.97 Å². The van der Waals surface area contributed by atoms with E-state index in [-0.39, 0.29) is 17.3 Å². The monoisotopic (exact) mass is 265 g/mol. The van der Waals surface area contributed by atoms with Crippen molar-refractivity contribution < 1.29 is 14.8 Å². The summed E-state index contributed by atoms with van der Waals surface area (Å²) in [6, 6.07) is 3.95. The van der Waals surface area contributed by atoms with Gasteiger partial charge in [-0.3, -0.25) is 10.1 Å². The number of carboxylic acids is 1. The number of piperidine rings is 1. The molecule has 0 amide bonds. The normalized spacial score (nSPS) is 19.2. The van der Waals surface area contributed by atoms with Crippen LogP contribution >= 0.6 is 0 Å². The van der Waals surface area contributed by atoms with Gasteiger partial charge in [0, 0.05) is 25.2 Å². The number of benzene rings is 1. The molecule has 19 heavy (non-hydrogen) atoms. The predicted octanol–water partition coefficient (Wildman–Crippen LogP) is 1.22. The molecule has 0 aliphatic carbocycles. The third kappa shape index (κ3) is 2.82. The molecule has 1 aromatic rings. The Balaban J connectivity index is 2.38. The third-order valence-corrected chi connectivity index (χ3v) is 3.22. The maximum atomic E-state index is 11.1. The summed E-state index contributed by atoms with van der Waals surface area (Å²) in [7, 11) is 0. The number of carbonyl (C=O) groups is 1. The van der Waals surface area contributed by atoms with Crippen molar-refractivity contribution >= 4 is 17.3 Å². The van der Waals surface area contributed by atoms with Crippen LogP contribution in [0.15, 0.2) is 18.2 Å². The fraction of sp³-hybridized carbons (Fsp3) is 0.417. The summed E-state index contributed by atoms with van der Waals surface area (Å²) >= 11 is 0. The van der Waals surface area contributed by atoms with Gasteiger partial charge in [-0.25, -0.2) is 4.79 Å². The number of hydrogen-bond donors (Lipinski definition) is 2. The molecule has 0 aromatic heterocycles. The topological polar surface area (TPSA) is 110 Å². The van der Waals surface area contributed by atoms with Gasteiger partial charge in [0.1, 0.15) is 5.69 Å². The second-order valence-corrected chi connectivity index (χ2v) is 4.61. The van der Waals surface area contributed by atoms with Crippen molar-refractivity contribution in [3.63, 3.8) is 0 Å². The van der Waals surface area contributed by atoms with Crippen LogP contribution in [0.4, 0.5) is 11.4 Å². The number of nitro groups is 1. The van der Waals surface area contributed by atoms with Gasteiger partial charge in [-0.1, -0.05) is 0 Å². The first-order valence-corrected chi connectivity index (χ1v) is 6.01. The predicted molar refractivity (Wildman–Crippen MR) is 69.5 cm³/mol. The first-order valence-electron chi connectivity index (χ1n) is 6.01. The number of nitrogens with zero attached hydrogens (tertiary/aromatic N) is 2. The quantitative estimate of drug-likeness (QED) is 0.628. The van der Waals surface area contributed by atoms with E-state index in [0.29, 0.717) is 18.8 Å². The maximum Gasteiger partial charge on any atom is 0.335 e. The average molecular weight is 265 g/mol. The third-order valence-electron chi connectivity index (χ3n) is 3.22. The Hall–Kier alpha value is -2.15. The zero-order valence-corrected chi connectivity index (χ0v) is 10.3. The molecule has 0 radical (unpaired) electrons. The zero-order chi connectivity index (χ0) is 14.0. The Kier molecular flexibility index (Phi) is 3.66. The van der Waals surface area contributed by atoms with Crippen LogP contribution in [0.2, 0.25) is 0 Å². The summed E-state index contributed by atoms with van der Waals surface area (Å²) in [4.78, 5) is 23.2. The van der Waals surface area contributed by atoms with Crippen molar-refractivity contribution in [2.75, 3.05) is 18.0 Å². The summed E-state index contributed by atoms with van der Waals surface area (Å²) in [5.41, 5.74) is 6.02. The van der Waals surface area contributed by atoms with Gasteiger partial charge in [-0.2, -0.15) is 0 Å². The van der Waals surface area contributed by atoms with Crippen LogP contribution in [0.5, 0.6) is 0 Å². The lowest BCUT2D eigenvalue weighted by Crippen LogP contribution is -2.43. The van der Waals surface area contributed by atoms with Crippen molar-refractivity contribution in [3.05, 3.63) is 33.9 Å². The molecule has 1 heterocycles. The Labute approximate surface area is 109 Å². The van der Waals surface area contributed by atoms with Crippen LogP contribution in [-0.4, -0.2) is 35.1 Å². The summed E-state index contributed by atoms with van der Waals surface area (Å²) in [5.74, 6) is -1.18. The highest BCUT2D eigenvalue weighted by Crippen LogP contribution is 2.31. The number of hydrogen-bond acceptors (Lipinski definition) is 5. The van der Waals surface area contributed by atoms with E-state index in [4.69, 9.17) is 10.8 Å². The fourth-order valence-corrected chi connectivity index (χ4v) is 2.30. The summed E-state index contributed by atoms with van der Waals surface area (Å²) < 4.78 is 0. The van der Waals surface area contributed by atoms with Crippen molar-refractivity contribution in [1.29, 1.82) is 0 Å². The van der Waals surface area contributed by atoms with E-state index in [1.807, 2.05) is 4.90 Å². The molecule has 7 nitrogen and oxygen atoms in total. The van der Waals surface area contributed by atoms with Crippen LogP contribution < -0.4 is 10.6 Å². The second kappa shape index (κ2) is 5.23. The minimum Gasteiger partial charge on any atom is -0.478 e. The molecule has 1 unspecified atom stereocenters. The molecule has 1 aliphatic rings. The van der Waals surface area contributed by atoms with E-state index in [9.17, 15) is 14.9 Å². The molecular weight excluding hydrogens is 250 g/mol.